The predicted molar refractivity (Wildman–Crippen MR) is 117 cm³/mol. The molecule has 4 aromatic rings. The lowest BCUT2D eigenvalue weighted by Gasteiger charge is -2.12. The Labute approximate surface area is 175 Å². The summed E-state index contributed by atoms with van der Waals surface area (Å²) in [4.78, 5) is 0. The summed E-state index contributed by atoms with van der Waals surface area (Å²) in [5.41, 5.74) is 2.83. The summed E-state index contributed by atoms with van der Waals surface area (Å²) in [6.45, 7) is 2.60. The van der Waals surface area contributed by atoms with Crippen molar-refractivity contribution in [2.24, 2.45) is 0 Å². The van der Waals surface area contributed by atoms with Gasteiger partial charge in [-0.3, -0.25) is 4.57 Å². The molecule has 0 aliphatic heterocycles. The van der Waals surface area contributed by atoms with Gasteiger partial charge in [0.25, 0.3) is 0 Å². The molecular formula is C24H23N3O3. The minimum Gasteiger partial charge on any atom is -0.497 e. The molecule has 6 heteroatoms. The molecular weight excluding hydrogens is 378 g/mol. The quantitative estimate of drug-likeness (QED) is 0.435. The van der Waals surface area contributed by atoms with E-state index in [0.29, 0.717) is 6.61 Å². The van der Waals surface area contributed by atoms with Crippen LogP contribution in [0.3, 0.4) is 0 Å². The molecule has 3 aromatic carbocycles. The second-order valence-corrected chi connectivity index (χ2v) is 6.57. The Morgan fingerprint density at radius 1 is 0.633 bits per heavy atom. The van der Waals surface area contributed by atoms with Crippen LogP contribution in [0.4, 0.5) is 0 Å². The van der Waals surface area contributed by atoms with Gasteiger partial charge in [-0.05, 0) is 79.7 Å². The molecule has 0 saturated heterocycles. The maximum Gasteiger partial charge on any atom is 0.168 e. The first kappa shape index (κ1) is 19.5. The lowest BCUT2D eigenvalue weighted by molar-refractivity contribution is 0.340. The number of methoxy groups -OCH3 is 2. The van der Waals surface area contributed by atoms with Crippen LogP contribution in [0.5, 0.6) is 17.2 Å². The van der Waals surface area contributed by atoms with E-state index >= 15 is 0 Å². The Kier molecular flexibility index (Phi) is 5.66. The van der Waals surface area contributed by atoms with Gasteiger partial charge in [0.1, 0.15) is 17.2 Å². The lowest BCUT2D eigenvalue weighted by Crippen LogP contribution is -2.01. The van der Waals surface area contributed by atoms with E-state index in [1.807, 2.05) is 84.3 Å². The van der Waals surface area contributed by atoms with E-state index in [9.17, 15) is 0 Å². The van der Waals surface area contributed by atoms with Crippen LogP contribution in [0.25, 0.3) is 28.5 Å². The van der Waals surface area contributed by atoms with E-state index in [-0.39, 0.29) is 0 Å². The molecule has 0 aliphatic carbocycles. The molecule has 6 nitrogen and oxygen atoms in total. The molecule has 30 heavy (non-hydrogen) atoms. The van der Waals surface area contributed by atoms with Crippen LogP contribution in [0.2, 0.25) is 0 Å². The summed E-state index contributed by atoms with van der Waals surface area (Å²) in [6.07, 6.45) is 0. The maximum atomic E-state index is 5.56. The van der Waals surface area contributed by atoms with E-state index < -0.39 is 0 Å². The fraction of sp³-hybridized carbons (Fsp3) is 0.167. The predicted octanol–water partition coefficient (Wildman–Crippen LogP) is 5.02. The molecule has 0 amide bonds. The van der Waals surface area contributed by atoms with Gasteiger partial charge in [0.05, 0.1) is 20.8 Å². The highest BCUT2D eigenvalue weighted by molar-refractivity contribution is 5.67. The van der Waals surface area contributed by atoms with E-state index in [1.165, 1.54) is 0 Å². The van der Waals surface area contributed by atoms with Gasteiger partial charge in [0.15, 0.2) is 11.6 Å². The first-order valence-electron chi connectivity index (χ1n) is 9.71. The van der Waals surface area contributed by atoms with Crippen LogP contribution in [0.15, 0.2) is 72.8 Å². The number of nitrogens with zero attached hydrogens (tertiary/aromatic N) is 3. The maximum absolute atomic E-state index is 5.56. The summed E-state index contributed by atoms with van der Waals surface area (Å²) in [5.74, 6) is 3.90. The third kappa shape index (κ3) is 3.85. The van der Waals surface area contributed by atoms with Crippen molar-refractivity contribution in [2.75, 3.05) is 20.8 Å². The average molecular weight is 401 g/mol. The topological polar surface area (TPSA) is 58.4 Å². The fourth-order valence-electron chi connectivity index (χ4n) is 3.24. The van der Waals surface area contributed by atoms with E-state index in [1.54, 1.807) is 14.2 Å². The highest BCUT2D eigenvalue weighted by Gasteiger charge is 2.17. The highest BCUT2D eigenvalue weighted by Crippen LogP contribution is 2.31. The molecule has 0 N–H and O–H groups in total. The molecule has 0 bridgehead atoms. The summed E-state index contributed by atoms with van der Waals surface area (Å²) in [6, 6.07) is 23.5. The number of aromatic nitrogens is 3. The normalized spacial score (nSPS) is 10.6. The molecule has 1 heterocycles. The lowest BCUT2D eigenvalue weighted by atomic mass is 10.1. The second kappa shape index (κ2) is 8.69. The first-order valence-corrected chi connectivity index (χ1v) is 9.71. The van der Waals surface area contributed by atoms with Crippen LogP contribution in [-0.4, -0.2) is 35.6 Å². The van der Waals surface area contributed by atoms with Crippen LogP contribution in [-0.2, 0) is 0 Å². The van der Waals surface area contributed by atoms with Crippen LogP contribution >= 0.6 is 0 Å². The van der Waals surface area contributed by atoms with Crippen LogP contribution in [0, 0.1) is 0 Å². The zero-order valence-electron chi connectivity index (χ0n) is 17.2. The fourth-order valence-corrected chi connectivity index (χ4v) is 3.24. The minimum absolute atomic E-state index is 0.628. The van der Waals surface area contributed by atoms with Gasteiger partial charge in [-0.15, -0.1) is 10.2 Å². The zero-order chi connectivity index (χ0) is 20.9. The SMILES string of the molecule is CCOc1ccc(-c2nnc(-c3ccc(OC)cc3)n2-c2ccc(OC)cc2)cc1. The Hall–Kier alpha value is -3.80. The van der Waals surface area contributed by atoms with Crippen molar-refractivity contribution in [3.63, 3.8) is 0 Å². The third-order valence-electron chi connectivity index (χ3n) is 4.77. The summed E-state index contributed by atoms with van der Waals surface area (Å²) in [7, 11) is 3.31. The number of hydrogen-bond donors (Lipinski definition) is 0. The van der Waals surface area contributed by atoms with Gasteiger partial charge in [-0.2, -0.15) is 0 Å². The number of rotatable bonds is 7. The number of benzene rings is 3. The van der Waals surface area contributed by atoms with Gasteiger partial charge in [0, 0.05) is 16.8 Å². The van der Waals surface area contributed by atoms with Crippen LogP contribution < -0.4 is 14.2 Å². The van der Waals surface area contributed by atoms with Crippen molar-refractivity contribution >= 4 is 0 Å². The molecule has 4 rings (SSSR count). The molecule has 0 aliphatic rings. The smallest absolute Gasteiger partial charge is 0.168 e. The summed E-state index contributed by atoms with van der Waals surface area (Å²) in [5, 5.41) is 9.02. The monoisotopic (exact) mass is 401 g/mol. The summed E-state index contributed by atoms with van der Waals surface area (Å²) >= 11 is 0. The highest BCUT2D eigenvalue weighted by atomic mass is 16.5. The van der Waals surface area contributed by atoms with Gasteiger partial charge in [-0.25, -0.2) is 0 Å². The van der Waals surface area contributed by atoms with Crippen LogP contribution in [0.1, 0.15) is 6.92 Å². The summed E-state index contributed by atoms with van der Waals surface area (Å²) < 4.78 is 18.2. The Balaban J connectivity index is 1.84. The molecule has 0 atom stereocenters. The van der Waals surface area contributed by atoms with E-state index in [0.717, 1.165) is 45.7 Å². The van der Waals surface area contributed by atoms with E-state index in [2.05, 4.69) is 10.2 Å². The van der Waals surface area contributed by atoms with Crippen molar-refractivity contribution in [3.8, 4) is 45.7 Å². The van der Waals surface area contributed by atoms with Gasteiger partial charge in [0.2, 0.25) is 0 Å². The third-order valence-corrected chi connectivity index (χ3v) is 4.77. The van der Waals surface area contributed by atoms with Crippen molar-refractivity contribution in [2.45, 2.75) is 6.92 Å². The molecule has 0 fully saturated rings. The number of ether oxygens (including phenoxy) is 3. The molecule has 0 unspecified atom stereocenters. The zero-order valence-corrected chi connectivity index (χ0v) is 17.2. The van der Waals surface area contributed by atoms with Crippen molar-refractivity contribution in [3.05, 3.63) is 72.8 Å². The Morgan fingerprint density at radius 2 is 1.07 bits per heavy atom. The standard InChI is InChI=1S/C24H23N3O3/c1-4-30-22-13-7-18(8-14-22)24-26-25-23(17-5-11-20(28-2)12-6-17)27(24)19-9-15-21(29-3)16-10-19/h5-16H,4H2,1-3H3. The van der Waals surface area contributed by atoms with Gasteiger partial charge in [-0.1, -0.05) is 0 Å². The van der Waals surface area contributed by atoms with Crippen molar-refractivity contribution in [1.82, 2.24) is 14.8 Å². The van der Waals surface area contributed by atoms with Crippen molar-refractivity contribution in [1.29, 1.82) is 0 Å². The molecule has 0 radical (unpaired) electrons. The van der Waals surface area contributed by atoms with E-state index in [4.69, 9.17) is 14.2 Å². The first-order chi connectivity index (χ1) is 14.7. The molecule has 0 spiro atoms. The Morgan fingerprint density at radius 3 is 1.50 bits per heavy atom. The molecule has 1 aromatic heterocycles. The van der Waals surface area contributed by atoms with Gasteiger partial charge >= 0.3 is 0 Å². The number of hydrogen-bond acceptors (Lipinski definition) is 5. The van der Waals surface area contributed by atoms with Gasteiger partial charge < -0.3 is 14.2 Å². The minimum atomic E-state index is 0.628. The molecule has 152 valence electrons. The average Bonchev–Trinajstić information content (AvgIpc) is 3.25. The second-order valence-electron chi connectivity index (χ2n) is 6.57. The van der Waals surface area contributed by atoms with Crippen molar-refractivity contribution < 1.29 is 14.2 Å². The largest absolute Gasteiger partial charge is 0.497 e. The molecule has 0 saturated carbocycles. The Bertz CT molecular complexity index is 1100.